The molecular formula is C15H13F4NO. The third-order valence-corrected chi connectivity index (χ3v) is 2.87. The van der Waals surface area contributed by atoms with Gasteiger partial charge in [-0.3, -0.25) is 0 Å². The molecule has 0 radical (unpaired) electrons. The molecule has 2 rings (SSSR count). The molecule has 0 fully saturated rings. The summed E-state index contributed by atoms with van der Waals surface area (Å²) in [5, 5.41) is 0. The van der Waals surface area contributed by atoms with Crippen LogP contribution in [-0.4, -0.2) is 0 Å². The van der Waals surface area contributed by atoms with E-state index in [9.17, 15) is 17.6 Å². The highest BCUT2D eigenvalue weighted by atomic mass is 19.4. The number of rotatable bonds is 3. The molecule has 0 amide bonds. The predicted octanol–water partition coefficient (Wildman–Crippen LogP) is 4.66. The van der Waals surface area contributed by atoms with E-state index in [1.165, 1.54) is 24.3 Å². The molecule has 112 valence electrons. The van der Waals surface area contributed by atoms with E-state index in [0.29, 0.717) is 5.56 Å². The van der Waals surface area contributed by atoms with Gasteiger partial charge in [0.05, 0.1) is 5.56 Å². The highest BCUT2D eigenvalue weighted by Crippen LogP contribution is 2.39. The molecule has 0 saturated heterocycles. The summed E-state index contributed by atoms with van der Waals surface area (Å²) in [4.78, 5) is 0. The molecule has 21 heavy (non-hydrogen) atoms. The topological polar surface area (TPSA) is 35.2 Å². The van der Waals surface area contributed by atoms with Crippen LogP contribution in [0.3, 0.4) is 0 Å². The lowest BCUT2D eigenvalue weighted by Crippen LogP contribution is -2.09. The lowest BCUT2D eigenvalue weighted by molar-refractivity contribution is -0.138. The van der Waals surface area contributed by atoms with Gasteiger partial charge in [0.25, 0.3) is 0 Å². The lowest BCUT2D eigenvalue weighted by Gasteiger charge is -2.17. The van der Waals surface area contributed by atoms with E-state index >= 15 is 0 Å². The fourth-order valence-corrected chi connectivity index (χ4v) is 1.88. The van der Waals surface area contributed by atoms with Crippen LogP contribution in [0.15, 0.2) is 42.5 Å². The first kappa shape index (κ1) is 15.3. The van der Waals surface area contributed by atoms with Crippen molar-refractivity contribution in [1.29, 1.82) is 0 Å². The van der Waals surface area contributed by atoms with Crippen LogP contribution in [0.1, 0.15) is 24.1 Å². The molecule has 0 bridgehead atoms. The minimum atomic E-state index is -4.54. The maximum Gasteiger partial charge on any atom is 0.419 e. The Hall–Kier alpha value is -2.08. The molecule has 0 aromatic heterocycles. The van der Waals surface area contributed by atoms with Gasteiger partial charge in [-0.25, -0.2) is 4.39 Å². The summed E-state index contributed by atoms with van der Waals surface area (Å²) >= 11 is 0. The molecule has 0 aliphatic rings. The minimum Gasteiger partial charge on any atom is -0.456 e. The third-order valence-electron chi connectivity index (χ3n) is 2.87. The van der Waals surface area contributed by atoms with Crippen LogP contribution in [0.2, 0.25) is 0 Å². The minimum absolute atomic E-state index is 0.100. The third kappa shape index (κ3) is 3.52. The van der Waals surface area contributed by atoms with E-state index < -0.39 is 23.6 Å². The van der Waals surface area contributed by atoms with Gasteiger partial charge in [-0.05, 0) is 37.3 Å². The lowest BCUT2D eigenvalue weighted by atomic mass is 10.1. The highest BCUT2D eigenvalue weighted by molar-refractivity contribution is 5.43. The van der Waals surface area contributed by atoms with Crippen molar-refractivity contribution >= 4 is 0 Å². The molecule has 2 aromatic rings. The van der Waals surface area contributed by atoms with Gasteiger partial charge >= 0.3 is 6.18 Å². The molecule has 0 aliphatic carbocycles. The zero-order chi connectivity index (χ0) is 15.6. The van der Waals surface area contributed by atoms with Crippen molar-refractivity contribution in [3.63, 3.8) is 0 Å². The summed E-state index contributed by atoms with van der Waals surface area (Å²) in [6, 6.07) is 7.77. The van der Waals surface area contributed by atoms with Gasteiger partial charge in [-0.2, -0.15) is 13.2 Å². The molecule has 1 atom stereocenters. The van der Waals surface area contributed by atoms with Crippen molar-refractivity contribution in [2.45, 2.75) is 19.1 Å². The van der Waals surface area contributed by atoms with Crippen molar-refractivity contribution in [1.82, 2.24) is 0 Å². The fourth-order valence-electron chi connectivity index (χ4n) is 1.88. The molecule has 0 saturated carbocycles. The number of benzene rings is 2. The number of alkyl halides is 3. The van der Waals surface area contributed by atoms with E-state index in [-0.39, 0.29) is 11.5 Å². The van der Waals surface area contributed by atoms with Gasteiger partial charge < -0.3 is 10.5 Å². The summed E-state index contributed by atoms with van der Waals surface area (Å²) < 4.78 is 57.3. The summed E-state index contributed by atoms with van der Waals surface area (Å²) in [6.45, 7) is 1.59. The first-order valence-corrected chi connectivity index (χ1v) is 6.18. The normalized spacial score (nSPS) is 13.0. The standard InChI is InChI=1S/C15H13F4NO/c1-9(20)11-8-10(16)6-7-13(11)21-14-5-3-2-4-12(14)15(17,18)19/h2-9H,20H2,1H3/t9-/m1/s1. The molecular weight excluding hydrogens is 286 g/mol. The van der Waals surface area contributed by atoms with Crippen molar-refractivity contribution in [2.24, 2.45) is 5.73 Å². The second kappa shape index (κ2) is 5.73. The maximum absolute atomic E-state index is 13.2. The second-order valence-corrected chi connectivity index (χ2v) is 4.57. The summed E-state index contributed by atoms with van der Waals surface area (Å²) in [6.07, 6.45) is -4.54. The fraction of sp³-hybridized carbons (Fsp3) is 0.200. The average Bonchev–Trinajstić information content (AvgIpc) is 2.40. The number of para-hydroxylation sites is 1. The monoisotopic (exact) mass is 299 g/mol. The van der Waals surface area contributed by atoms with Crippen LogP contribution in [0, 0.1) is 5.82 Å². The number of hydrogen-bond donors (Lipinski definition) is 1. The van der Waals surface area contributed by atoms with E-state index in [2.05, 4.69) is 0 Å². The summed E-state index contributed by atoms with van der Waals surface area (Å²) in [5.41, 5.74) is 5.09. The summed E-state index contributed by atoms with van der Waals surface area (Å²) in [7, 11) is 0. The van der Waals surface area contributed by atoms with Crippen LogP contribution in [-0.2, 0) is 6.18 Å². The number of hydrogen-bond acceptors (Lipinski definition) is 2. The maximum atomic E-state index is 13.2. The Morgan fingerprint density at radius 3 is 2.33 bits per heavy atom. The van der Waals surface area contributed by atoms with E-state index in [4.69, 9.17) is 10.5 Å². The van der Waals surface area contributed by atoms with E-state index in [1.807, 2.05) is 0 Å². The summed E-state index contributed by atoms with van der Waals surface area (Å²) in [5.74, 6) is -0.777. The zero-order valence-corrected chi connectivity index (χ0v) is 11.1. The SMILES string of the molecule is C[C@@H](N)c1cc(F)ccc1Oc1ccccc1C(F)(F)F. The van der Waals surface area contributed by atoms with Crippen molar-refractivity contribution < 1.29 is 22.3 Å². The smallest absolute Gasteiger partial charge is 0.419 e. The van der Waals surface area contributed by atoms with Gasteiger partial charge in [0.15, 0.2) is 0 Å². The number of ether oxygens (including phenoxy) is 1. The zero-order valence-electron chi connectivity index (χ0n) is 11.1. The van der Waals surface area contributed by atoms with Gasteiger partial charge in [-0.1, -0.05) is 12.1 Å². The average molecular weight is 299 g/mol. The van der Waals surface area contributed by atoms with Gasteiger partial charge in [-0.15, -0.1) is 0 Å². The quantitative estimate of drug-likeness (QED) is 0.837. The highest BCUT2D eigenvalue weighted by Gasteiger charge is 2.34. The predicted molar refractivity (Wildman–Crippen MR) is 70.5 cm³/mol. The number of nitrogens with two attached hydrogens (primary N) is 1. The molecule has 0 unspecified atom stereocenters. The molecule has 6 heteroatoms. The van der Waals surface area contributed by atoms with Crippen LogP contribution in [0.25, 0.3) is 0 Å². The largest absolute Gasteiger partial charge is 0.456 e. The van der Waals surface area contributed by atoms with Crippen LogP contribution < -0.4 is 10.5 Å². The number of halogens is 4. The van der Waals surface area contributed by atoms with Crippen molar-refractivity contribution in [3.05, 3.63) is 59.4 Å². The molecule has 0 heterocycles. The Morgan fingerprint density at radius 1 is 1.05 bits per heavy atom. The van der Waals surface area contributed by atoms with Crippen LogP contribution in [0.4, 0.5) is 17.6 Å². The van der Waals surface area contributed by atoms with Gasteiger partial charge in [0.1, 0.15) is 17.3 Å². The molecule has 2 aromatic carbocycles. The second-order valence-electron chi connectivity index (χ2n) is 4.57. The van der Waals surface area contributed by atoms with Gasteiger partial charge in [0, 0.05) is 11.6 Å². The van der Waals surface area contributed by atoms with Gasteiger partial charge in [0.2, 0.25) is 0 Å². The molecule has 0 aliphatic heterocycles. The molecule has 2 N–H and O–H groups in total. The first-order valence-electron chi connectivity index (χ1n) is 6.18. The first-order chi connectivity index (χ1) is 9.79. The Bertz CT molecular complexity index is 638. The molecule has 0 spiro atoms. The van der Waals surface area contributed by atoms with Crippen LogP contribution in [0.5, 0.6) is 11.5 Å². The van der Waals surface area contributed by atoms with Crippen molar-refractivity contribution in [3.8, 4) is 11.5 Å². The molecule has 2 nitrogen and oxygen atoms in total. The Morgan fingerprint density at radius 2 is 1.71 bits per heavy atom. The van der Waals surface area contributed by atoms with E-state index in [1.54, 1.807) is 6.92 Å². The van der Waals surface area contributed by atoms with Crippen LogP contribution >= 0.6 is 0 Å². The van der Waals surface area contributed by atoms with E-state index in [0.717, 1.165) is 18.2 Å². The Kier molecular flexibility index (Phi) is 4.18. The van der Waals surface area contributed by atoms with Crippen molar-refractivity contribution in [2.75, 3.05) is 0 Å². The Labute approximate surface area is 119 Å². The Balaban J connectivity index is 2.44.